The Hall–Kier alpha value is -0.260. The molecule has 2 N–H and O–H groups in total. The Morgan fingerprint density at radius 2 is 2.12 bits per heavy atom. The number of hydrogen-bond acceptors (Lipinski definition) is 4. The van der Waals surface area contributed by atoms with Crippen LogP contribution in [0.15, 0.2) is 0 Å². The monoisotopic (exact) mass is 260 g/mol. The molecule has 4 nitrogen and oxygen atoms in total. The maximum Gasteiger partial charge on any atom is 0.232 e. The van der Waals surface area contributed by atoms with Gasteiger partial charge in [0.15, 0.2) is 0 Å². The van der Waals surface area contributed by atoms with Gasteiger partial charge < -0.3 is 15.3 Å². The number of amides is 1. The maximum absolute atomic E-state index is 11.9. The van der Waals surface area contributed by atoms with Gasteiger partial charge >= 0.3 is 0 Å². The van der Waals surface area contributed by atoms with Crippen LogP contribution in [0.4, 0.5) is 0 Å². The highest BCUT2D eigenvalue weighted by atomic mass is 32.2. The molecule has 0 aromatic carbocycles. The Balaban J connectivity index is 2.25. The van der Waals surface area contributed by atoms with Gasteiger partial charge in [0, 0.05) is 18.3 Å². The van der Waals surface area contributed by atoms with Crippen molar-refractivity contribution >= 4 is 17.7 Å². The average Bonchev–Trinajstić information content (AvgIpc) is 2.37. The fourth-order valence-electron chi connectivity index (χ4n) is 1.99. The van der Waals surface area contributed by atoms with Crippen molar-refractivity contribution in [1.29, 1.82) is 0 Å². The molecule has 1 saturated heterocycles. The summed E-state index contributed by atoms with van der Waals surface area (Å²) in [7, 11) is 0. The number of hydrogen-bond donors (Lipinski definition) is 2. The molecule has 1 aliphatic rings. The molecule has 0 atom stereocenters. The number of nitrogens with zero attached hydrogens (tertiary/aromatic N) is 1. The van der Waals surface area contributed by atoms with Crippen LogP contribution in [-0.4, -0.2) is 59.7 Å². The van der Waals surface area contributed by atoms with E-state index in [2.05, 4.69) is 12.2 Å². The molecule has 0 aromatic rings. The van der Waals surface area contributed by atoms with Crippen LogP contribution in [0.5, 0.6) is 0 Å². The lowest BCUT2D eigenvalue weighted by atomic mass is 10.2. The van der Waals surface area contributed by atoms with Gasteiger partial charge in [0.1, 0.15) is 0 Å². The van der Waals surface area contributed by atoms with E-state index < -0.39 is 0 Å². The fraction of sp³-hybridized carbons (Fsp3) is 0.917. The molecule has 1 heterocycles. The molecule has 0 bridgehead atoms. The summed E-state index contributed by atoms with van der Waals surface area (Å²) < 4.78 is 0. The lowest BCUT2D eigenvalue weighted by Crippen LogP contribution is -2.36. The number of carbonyl (C=O) groups excluding carboxylic acids is 1. The normalized spacial score (nSPS) is 17.1. The van der Waals surface area contributed by atoms with Crippen LogP contribution in [-0.2, 0) is 4.79 Å². The zero-order chi connectivity index (χ0) is 12.5. The Bertz CT molecular complexity index is 215. The third-order valence-electron chi connectivity index (χ3n) is 2.94. The average molecular weight is 260 g/mol. The van der Waals surface area contributed by atoms with E-state index in [1.165, 1.54) is 0 Å². The summed E-state index contributed by atoms with van der Waals surface area (Å²) in [6, 6.07) is 0. The van der Waals surface area contributed by atoms with Gasteiger partial charge in [-0.25, -0.2) is 0 Å². The van der Waals surface area contributed by atoms with Crippen LogP contribution in [0.25, 0.3) is 0 Å². The molecule has 0 radical (unpaired) electrons. The van der Waals surface area contributed by atoms with Crippen molar-refractivity contribution in [2.75, 3.05) is 38.5 Å². The summed E-state index contributed by atoms with van der Waals surface area (Å²) in [6.45, 7) is 5.48. The SMILES string of the molecule is CCCN(CCO)C(=O)CSC1CCNCC1. The number of carbonyl (C=O) groups is 1. The van der Waals surface area contributed by atoms with E-state index in [0.29, 0.717) is 17.5 Å². The lowest BCUT2D eigenvalue weighted by Gasteiger charge is -2.24. The largest absolute Gasteiger partial charge is 0.395 e. The molecule has 0 saturated carbocycles. The number of rotatable bonds is 7. The quantitative estimate of drug-likeness (QED) is 0.707. The van der Waals surface area contributed by atoms with E-state index >= 15 is 0 Å². The minimum atomic E-state index is 0.0593. The molecular weight excluding hydrogens is 236 g/mol. The Morgan fingerprint density at radius 1 is 1.41 bits per heavy atom. The van der Waals surface area contributed by atoms with Gasteiger partial charge in [0.25, 0.3) is 0 Å². The number of nitrogens with one attached hydrogen (secondary N) is 1. The first-order valence-corrected chi connectivity index (χ1v) is 7.53. The standard InChI is InChI=1S/C12H24N2O2S/c1-2-7-14(8-9-15)12(16)10-17-11-3-5-13-6-4-11/h11,13,15H,2-10H2,1H3. The van der Waals surface area contributed by atoms with E-state index in [1.807, 2.05) is 0 Å². The van der Waals surface area contributed by atoms with Crippen molar-refractivity contribution in [2.24, 2.45) is 0 Å². The van der Waals surface area contributed by atoms with Gasteiger partial charge in [-0.15, -0.1) is 11.8 Å². The number of thioether (sulfide) groups is 1. The van der Waals surface area contributed by atoms with Crippen LogP contribution >= 0.6 is 11.8 Å². The summed E-state index contributed by atoms with van der Waals surface area (Å²) in [5.41, 5.74) is 0. The van der Waals surface area contributed by atoms with Crippen molar-refractivity contribution in [2.45, 2.75) is 31.4 Å². The molecule has 1 amide bonds. The molecule has 0 aromatic heterocycles. The third kappa shape index (κ3) is 5.75. The van der Waals surface area contributed by atoms with Crippen molar-refractivity contribution in [3.63, 3.8) is 0 Å². The van der Waals surface area contributed by atoms with Crippen molar-refractivity contribution in [3.8, 4) is 0 Å². The molecular formula is C12H24N2O2S. The second-order valence-electron chi connectivity index (χ2n) is 4.36. The van der Waals surface area contributed by atoms with Gasteiger partial charge in [-0.3, -0.25) is 4.79 Å². The Labute approximate surface area is 108 Å². The second-order valence-corrected chi connectivity index (χ2v) is 5.65. The highest BCUT2D eigenvalue weighted by Crippen LogP contribution is 2.20. The molecule has 100 valence electrons. The third-order valence-corrected chi connectivity index (χ3v) is 4.30. The molecule has 5 heteroatoms. The highest BCUT2D eigenvalue weighted by Gasteiger charge is 2.17. The highest BCUT2D eigenvalue weighted by molar-refractivity contribution is 8.00. The van der Waals surface area contributed by atoms with E-state index in [1.54, 1.807) is 16.7 Å². The predicted molar refractivity (Wildman–Crippen MR) is 72.3 cm³/mol. The molecule has 0 unspecified atom stereocenters. The zero-order valence-electron chi connectivity index (χ0n) is 10.7. The first-order chi connectivity index (χ1) is 8.27. The van der Waals surface area contributed by atoms with Crippen LogP contribution in [0, 0.1) is 0 Å². The number of aliphatic hydroxyl groups is 1. The number of piperidine rings is 1. The van der Waals surface area contributed by atoms with E-state index in [-0.39, 0.29) is 12.5 Å². The van der Waals surface area contributed by atoms with Crippen molar-refractivity contribution in [3.05, 3.63) is 0 Å². The predicted octanol–water partition coefficient (Wildman–Crippen LogP) is 0.703. The van der Waals surface area contributed by atoms with Gasteiger partial charge in [0.2, 0.25) is 5.91 Å². The van der Waals surface area contributed by atoms with E-state index in [0.717, 1.165) is 38.9 Å². The van der Waals surface area contributed by atoms with Crippen LogP contribution in [0.1, 0.15) is 26.2 Å². The Morgan fingerprint density at radius 3 is 2.71 bits per heavy atom. The summed E-state index contributed by atoms with van der Waals surface area (Å²) in [4.78, 5) is 13.7. The van der Waals surface area contributed by atoms with E-state index in [4.69, 9.17) is 5.11 Å². The summed E-state index contributed by atoms with van der Waals surface area (Å²) in [5, 5.41) is 12.9. The maximum atomic E-state index is 11.9. The Kier molecular flexibility index (Phi) is 7.64. The molecule has 1 fully saturated rings. The van der Waals surface area contributed by atoms with Gasteiger partial charge in [-0.05, 0) is 32.4 Å². The topological polar surface area (TPSA) is 52.6 Å². The molecule has 17 heavy (non-hydrogen) atoms. The lowest BCUT2D eigenvalue weighted by molar-refractivity contribution is -0.128. The molecule has 1 rings (SSSR count). The first kappa shape index (κ1) is 14.8. The van der Waals surface area contributed by atoms with Crippen LogP contribution in [0.2, 0.25) is 0 Å². The van der Waals surface area contributed by atoms with Gasteiger partial charge in [-0.1, -0.05) is 6.92 Å². The van der Waals surface area contributed by atoms with Gasteiger partial charge in [0.05, 0.1) is 12.4 Å². The van der Waals surface area contributed by atoms with Crippen molar-refractivity contribution < 1.29 is 9.90 Å². The summed E-state index contributed by atoms with van der Waals surface area (Å²) in [6.07, 6.45) is 3.27. The number of aliphatic hydroxyl groups excluding tert-OH is 1. The first-order valence-electron chi connectivity index (χ1n) is 6.49. The van der Waals surface area contributed by atoms with Gasteiger partial charge in [-0.2, -0.15) is 0 Å². The molecule has 0 spiro atoms. The summed E-state index contributed by atoms with van der Waals surface area (Å²) >= 11 is 1.77. The van der Waals surface area contributed by atoms with E-state index in [9.17, 15) is 4.79 Å². The summed E-state index contributed by atoms with van der Waals surface area (Å²) in [5.74, 6) is 0.731. The minimum absolute atomic E-state index is 0.0593. The minimum Gasteiger partial charge on any atom is -0.395 e. The fourth-order valence-corrected chi connectivity index (χ4v) is 3.12. The second kappa shape index (κ2) is 8.78. The van der Waals surface area contributed by atoms with Crippen LogP contribution < -0.4 is 5.32 Å². The zero-order valence-corrected chi connectivity index (χ0v) is 11.5. The van der Waals surface area contributed by atoms with Crippen molar-refractivity contribution in [1.82, 2.24) is 10.2 Å². The molecule has 1 aliphatic heterocycles. The van der Waals surface area contributed by atoms with Crippen LogP contribution in [0.3, 0.4) is 0 Å². The molecule has 0 aliphatic carbocycles. The smallest absolute Gasteiger partial charge is 0.232 e.